The van der Waals surface area contributed by atoms with Crippen LogP contribution in [0, 0.1) is 0 Å². The molecule has 0 aromatic carbocycles. The van der Waals surface area contributed by atoms with Crippen LogP contribution in [0.25, 0.3) is 0 Å². The first-order valence-electron chi connectivity index (χ1n) is 5.36. The highest BCUT2D eigenvalue weighted by atomic mass is 32.2. The molecule has 1 aliphatic rings. The Morgan fingerprint density at radius 1 is 1.50 bits per heavy atom. The molecule has 1 N–H and O–H groups in total. The standard InChI is InChI=1S/C10H21NO2S/c1-9(11-2)5-8-14(12)10-3-6-13-7-4-10/h9-11H,3-8H2,1-2H3. The fourth-order valence-corrected chi connectivity index (χ4v) is 3.18. The Bertz CT molecular complexity index is 181. The summed E-state index contributed by atoms with van der Waals surface area (Å²) < 4.78 is 17.1. The maximum absolute atomic E-state index is 11.8. The van der Waals surface area contributed by atoms with Gasteiger partial charge in [0.05, 0.1) is 0 Å². The Labute approximate surface area is 89.1 Å². The van der Waals surface area contributed by atoms with Gasteiger partial charge in [0.15, 0.2) is 0 Å². The van der Waals surface area contributed by atoms with Crippen molar-refractivity contribution in [1.29, 1.82) is 0 Å². The molecule has 1 saturated heterocycles. The molecule has 0 spiro atoms. The van der Waals surface area contributed by atoms with Crippen molar-refractivity contribution in [1.82, 2.24) is 5.32 Å². The lowest BCUT2D eigenvalue weighted by Crippen LogP contribution is -2.29. The fourth-order valence-electron chi connectivity index (χ4n) is 1.54. The van der Waals surface area contributed by atoms with Gasteiger partial charge < -0.3 is 10.1 Å². The molecular weight excluding hydrogens is 198 g/mol. The van der Waals surface area contributed by atoms with Gasteiger partial charge in [-0.05, 0) is 33.2 Å². The molecule has 0 aromatic rings. The molecule has 1 rings (SSSR count). The molecular formula is C10H21NO2S. The molecule has 0 aliphatic carbocycles. The van der Waals surface area contributed by atoms with E-state index in [9.17, 15) is 4.21 Å². The summed E-state index contributed by atoms with van der Waals surface area (Å²) in [5, 5.41) is 3.55. The summed E-state index contributed by atoms with van der Waals surface area (Å²) in [4.78, 5) is 0. The van der Waals surface area contributed by atoms with Gasteiger partial charge in [0.25, 0.3) is 0 Å². The largest absolute Gasteiger partial charge is 0.381 e. The van der Waals surface area contributed by atoms with Crippen molar-refractivity contribution in [2.75, 3.05) is 26.0 Å². The number of ether oxygens (including phenoxy) is 1. The second kappa shape index (κ2) is 6.53. The summed E-state index contributed by atoms with van der Waals surface area (Å²) in [5.41, 5.74) is 0. The van der Waals surface area contributed by atoms with E-state index in [0.29, 0.717) is 11.3 Å². The zero-order valence-electron chi connectivity index (χ0n) is 9.12. The molecule has 1 fully saturated rings. The van der Waals surface area contributed by atoms with Crippen LogP contribution >= 0.6 is 0 Å². The van der Waals surface area contributed by atoms with Gasteiger partial charge in [-0.15, -0.1) is 0 Å². The van der Waals surface area contributed by atoms with Crippen molar-refractivity contribution in [3.8, 4) is 0 Å². The summed E-state index contributed by atoms with van der Waals surface area (Å²) in [6.45, 7) is 3.71. The molecule has 0 saturated carbocycles. The van der Waals surface area contributed by atoms with Crippen LogP contribution in [0.3, 0.4) is 0 Å². The number of nitrogens with one attached hydrogen (secondary N) is 1. The Morgan fingerprint density at radius 2 is 2.14 bits per heavy atom. The Balaban J connectivity index is 2.19. The highest BCUT2D eigenvalue weighted by molar-refractivity contribution is 7.85. The Morgan fingerprint density at radius 3 is 2.71 bits per heavy atom. The van der Waals surface area contributed by atoms with Crippen LogP contribution in [0.15, 0.2) is 0 Å². The van der Waals surface area contributed by atoms with Gasteiger partial charge in [-0.3, -0.25) is 4.21 Å². The molecule has 2 atom stereocenters. The lowest BCUT2D eigenvalue weighted by Gasteiger charge is -2.22. The monoisotopic (exact) mass is 219 g/mol. The lowest BCUT2D eigenvalue weighted by atomic mass is 10.2. The Kier molecular flexibility index (Phi) is 5.67. The lowest BCUT2D eigenvalue weighted by molar-refractivity contribution is 0.0992. The van der Waals surface area contributed by atoms with E-state index in [2.05, 4.69) is 12.2 Å². The summed E-state index contributed by atoms with van der Waals surface area (Å²) in [7, 11) is 1.30. The van der Waals surface area contributed by atoms with E-state index in [4.69, 9.17) is 4.74 Å². The number of hydrogen-bond acceptors (Lipinski definition) is 3. The molecule has 14 heavy (non-hydrogen) atoms. The molecule has 0 radical (unpaired) electrons. The molecule has 1 heterocycles. The minimum atomic E-state index is -0.649. The molecule has 84 valence electrons. The maximum Gasteiger partial charge on any atom is 0.0477 e. The predicted octanol–water partition coefficient (Wildman–Crippen LogP) is 0.912. The molecule has 0 bridgehead atoms. The molecule has 0 aromatic heterocycles. The highest BCUT2D eigenvalue weighted by Gasteiger charge is 2.20. The summed E-state index contributed by atoms with van der Waals surface area (Å²) in [5.74, 6) is 0.826. The summed E-state index contributed by atoms with van der Waals surface area (Å²) in [6.07, 6.45) is 2.95. The molecule has 0 amide bonds. The van der Waals surface area contributed by atoms with E-state index >= 15 is 0 Å². The van der Waals surface area contributed by atoms with Crippen molar-refractivity contribution < 1.29 is 8.95 Å². The van der Waals surface area contributed by atoms with Crippen LogP contribution in [0.2, 0.25) is 0 Å². The first kappa shape index (κ1) is 12.1. The zero-order chi connectivity index (χ0) is 10.4. The maximum atomic E-state index is 11.8. The molecule has 3 nitrogen and oxygen atoms in total. The van der Waals surface area contributed by atoms with E-state index in [1.54, 1.807) is 0 Å². The van der Waals surface area contributed by atoms with Crippen LogP contribution in [0.5, 0.6) is 0 Å². The second-order valence-corrected chi connectivity index (χ2v) is 5.71. The van der Waals surface area contributed by atoms with Gasteiger partial charge >= 0.3 is 0 Å². The van der Waals surface area contributed by atoms with E-state index in [0.717, 1.165) is 38.2 Å². The van der Waals surface area contributed by atoms with Crippen molar-refractivity contribution in [2.24, 2.45) is 0 Å². The van der Waals surface area contributed by atoms with Gasteiger partial charge in [-0.2, -0.15) is 0 Å². The predicted molar refractivity (Wildman–Crippen MR) is 60.0 cm³/mol. The number of rotatable bonds is 5. The van der Waals surface area contributed by atoms with E-state index in [-0.39, 0.29) is 0 Å². The minimum Gasteiger partial charge on any atom is -0.381 e. The van der Waals surface area contributed by atoms with Crippen molar-refractivity contribution in [3.63, 3.8) is 0 Å². The highest BCUT2D eigenvalue weighted by Crippen LogP contribution is 2.14. The summed E-state index contributed by atoms with van der Waals surface area (Å²) >= 11 is 0. The van der Waals surface area contributed by atoms with Crippen LogP contribution in [-0.4, -0.2) is 41.5 Å². The van der Waals surface area contributed by atoms with Gasteiger partial charge in [0.1, 0.15) is 0 Å². The molecule has 2 unspecified atom stereocenters. The van der Waals surface area contributed by atoms with E-state index in [1.807, 2.05) is 7.05 Å². The minimum absolute atomic E-state index is 0.382. The third-order valence-corrected chi connectivity index (χ3v) is 4.64. The normalized spacial score (nSPS) is 23.3. The second-order valence-electron chi connectivity index (χ2n) is 3.87. The topological polar surface area (TPSA) is 38.3 Å². The van der Waals surface area contributed by atoms with Crippen molar-refractivity contribution >= 4 is 10.8 Å². The van der Waals surface area contributed by atoms with Gasteiger partial charge in [0, 0.05) is 41.1 Å². The quantitative estimate of drug-likeness (QED) is 0.747. The van der Waals surface area contributed by atoms with Gasteiger partial charge in [-0.1, -0.05) is 0 Å². The van der Waals surface area contributed by atoms with E-state index in [1.165, 1.54) is 0 Å². The zero-order valence-corrected chi connectivity index (χ0v) is 9.94. The smallest absolute Gasteiger partial charge is 0.0477 e. The average molecular weight is 219 g/mol. The Hall–Kier alpha value is 0.0700. The van der Waals surface area contributed by atoms with Crippen molar-refractivity contribution in [3.05, 3.63) is 0 Å². The summed E-state index contributed by atoms with van der Waals surface area (Å²) in [6, 6.07) is 0.471. The van der Waals surface area contributed by atoms with Crippen LogP contribution in [0.4, 0.5) is 0 Å². The van der Waals surface area contributed by atoms with Crippen LogP contribution in [0.1, 0.15) is 26.2 Å². The van der Waals surface area contributed by atoms with Gasteiger partial charge in [0.2, 0.25) is 0 Å². The first-order valence-corrected chi connectivity index (χ1v) is 6.74. The fraction of sp³-hybridized carbons (Fsp3) is 1.00. The SMILES string of the molecule is CNC(C)CCS(=O)C1CCOCC1. The van der Waals surface area contributed by atoms with E-state index < -0.39 is 10.8 Å². The van der Waals surface area contributed by atoms with Gasteiger partial charge in [-0.25, -0.2) is 0 Å². The molecule has 4 heteroatoms. The first-order chi connectivity index (χ1) is 6.74. The average Bonchev–Trinajstić information content (AvgIpc) is 2.26. The van der Waals surface area contributed by atoms with Crippen LogP contribution < -0.4 is 5.32 Å². The third kappa shape index (κ3) is 4.07. The number of hydrogen-bond donors (Lipinski definition) is 1. The third-order valence-electron chi connectivity index (χ3n) is 2.78. The molecule has 1 aliphatic heterocycles. The van der Waals surface area contributed by atoms with Crippen LogP contribution in [-0.2, 0) is 15.5 Å². The van der Waals surface area contributed by atoms with Crippen molar-refractivity contribution in [2.45, 2.75) is 37.5 Å².